The second-order valence-corrected chi connectivity index (χ2v) is 10.4. The van der Waals surface area contributed by atoms with Crippen LogP contribution in [-0.4, -0.2) is 71.1 Å². The fourth-order valence-electron chi connectivity index (χ4n) is 5.10. The molecule has 2 fully saturated rings. The van der Waals surface area contributed by atoms with Crippen molar-refractivity contribution >= 4 is 17.8 Å². The smallest absolute Gasteiger partial charge is 0.258 e. The zero-order valence-electron chi connectivity index (χ0n) is 23.7. The normalized spacial score (nSPS) is 18.5. The van der Waals surface area contributed by atoms with E-state index in [0.717, 1.165) is 5.57 Å². The van der Waals surface area contributed by atoms with Gasteiger partial charge in [0, 0.05) is 68.9 Å². The van der Waals surface area contributed by atoms with E-state index in [4.69, 9.17) is 10.00 Å². The SMILES string of the molecule is CCC1=C(NC(=O)c2cnc(N3CCOCC3)nc2)C=C(C(=O)N2CCC(F)(c3ccc(C#N)cn3)CC2)C(C)=C=C1. The molecule has 2 aromatic rings. The van der Waals surface area contributed by atoms with Gasteiger partial charge in [0.05, 0.1) is 35.6 Å². The Kier molecular flexibility index (Phi) is 8.57. The number of hydrogen-bond acceptors (Lipinski definition) is 8. The van der Waals surface area contributed by atoms with Gasteiger partial charge in [0.2, 0.25) is 5.95 Å². The highest BCUT2D eigenvalue weighted by molar-refractivity contribution is 5.99. The first-order valence-corrected chi connectivity index (χ1v) is 14.0. The summed E-state index contributed by atoms with van der Waals surface area (Å²) in [7, 11) is 0. The number of alkyl halides is 1. The van der Waals surface area contributed by atoms with Crippen LogP contribution in [0.3, 0.4) is 0 Å². The highest BCUT2D eigenvalue weighted by Crippen LogP contribution is 2.36. The minimum atomic E-state index is -1.68. The molecule has 3 aliphatic rings. The van der Waals surface area contributed by atoms with E-state index in [2.05, 4.69) is 26.0 Å². The third kappa shape index (κ3) is 6.15. The molecule has 0 aromatic carbocycles. The van der Waals surface area contributed by atoms with Crippen LogP contribution in [0.5, 0.6) is 0 Å². The number of allylic oxidation sites excluding steroid dienone is 2. The number of amides is 2. The van der Waals surface area contributed by atoms with Gasteiger partial charge in [-0.3, -0.25) is 14.6 Å². The number of hydrogen-bond donors (Lipinski definition) is 1. The molecule has 0 bridgehead atoms. The maximum absolute atomic E-state index is 15.8. The molecule has 216 valence electrons. The maximum atomic E-state index is 15.8. The molecular formula is C31H32FN7O3. The molecule has 4 heterocycles. The number of nitrogens with one attached hydrogen (secondary N) is 1. The molecule has 0 radical (unpaired) electrons. The first-order chi connectivity index (χ1) is 20.3. The summed E-state index contributed by atoms with van der Waals surface area (Å²) in [5, 5.41) is 11.9. The van der Waals surface area contributed by atoms with E-state index in [1.54, 1.807) is 30.0 Å². The Bertz CT molecular complexity index is 1520. The van der Waals surface area contributed by atoms with E-state index in [1.165, 1.54) is 24.7 Å². The maximum Gasteiger partial charge on any atom is 0.258 e. The lowest BCUT2D eigenvalue weighted by Crippen LogP contribution is -2.44. The molecule has 10 nitrogen and oxygen atoms in total. The van der Waals surface area contributed by atoms with Crippen LogP contribution in [0.15, 0.2) is 71.0 Å². The highest BCUT2D eigenvalue weighted by Gasteiger charge is 2.39. The average Bonchev–Trinajstić information content (AvgIpc) is 3.19. The van der Waals surface area contributed by atoms with Crippen molar-refractivity contribution in [1.82, 2.24) is 25.2 Å². The Hall–Kier alpha value is -4.65. The van der Waals surface area contributed by atoms with E-state index in [9.17, 15) is 9.59 Å². The minimum Gasteiger partial charge on any atom is -0.378 e. The van der Waals surface area contributed by atoms with Crippen molar-refractivity contribution in [3.8, 4) is 6.07 Å². The number of nitrogens with zero attached hydrogens (tertiary/aromatic N) is 6. The number of carbonyl (C=O) groups excluding carboxylic acids is 2. The number of carbonyl (C=O) groups is 2. The monoisotopic (exact) mass is 569 g/mol. The lowest BCUT2D eigenvalue weighted by Gasteiger charge is -2.36. The van der Waals surface area contributed by atoms with E-state index < -0.39 is 11.6 Å². The molecule has 2 saturated heterocycles. The van der Waals surface area contributed by atoms with Crippen LogP contribution in [0.1, 0.15) is 54.7 Å². The van der Waals surface area contributed by atoms with Crippen molar-refractivity contribution in [1.29, 1.82) is 5.26 Å². The second-order valence-electron chi connectivity index (χ2n) is 10.4. The van der Waals surface area contributed by atoms with Gasteiger partial charge >= 0.3 is 0 Å². The minimum absolute atomic E-state index is 0.0869. The van der Waals surface area contributed by atoms with Crippen LogP contribution in [0.25, 0.3) is 0 Å². The predicted octanol–water partition coefficient (Wildman–Crippen LogP) is 3.50. The van der Waals surface area contributed by atoms with E-state index in [1.807, 2.05) is 17.9 Å². The Labute approximate surface area is 243 Å². The second kappa shape index (κ2) is 12.5. The fraction of sp³-hybridized carbons (Fsp3) is 0.387. The number of pyridine rings is 1. The van der Waals surface area contributed by atoms with Gasteiger partial charge in [0.15, 0.2) is 5.67 Å². The van der Waals surface area contributed by atoms with Crippen molar-refractivity contribution in [2.45, 2.75) is 38.8 Å². The summed E-state index contributed by atoms with van der Waals surface area (Å²) < 4.78 is 21.1. The van der Waals surface area contributed by atoms with Crippen LogP contribution < -0.4 is 10.2 Å². The van der Waals surface area contributed by atoms with Crippen LogP contribution in [0.2, 0.25) is 0 Å². The van der Waals surface area contributed by atoms with Gasteiger partial charge in [0.25, 0.3) is 11.8 Å². The predicted molar refractivity (Wildman–Crippen MR) is 153 cm³/mol. The molecule has 5 rings (SSSR count). The molecule has 0 unspecified atom stereocenters. The molecule has 0 saturated carbocycles. The Morgan fingerprint density at radius 2 is 1.83 bits per heavy atom. The summed E-state index contributed by atoms with van der Waals surface area (Å²) in [6.07, 6.45) is 8.57. The summed E-state index contributed by atoms with van der Waals surface area (Å²) in [6.45, 7) is 6.73. The summed E-state index contributed by atoms with van der Waals surface area (Å²) in [6, 6.07) is 5.08. The molecule has 11 heteroatoms. The summed E-state index contributed by atoms with van der Waals surface area (Å²) >= 11 is 0. The van der Waals surface area contributed by atoms with Crippen molar-refractivity contribution < 1.29 is 18.7 Å². The summed E-state index contributed by atoms with van der Waals surface area (Å²) in [4.78, 5) is 43.4. The molecule has 42 heavy (non-hydrogen) atoms. The van der Waals surface area contributed by atoms with Crippen LogP contribution in [0.4, 0.5) is 10.3 Å². The molecule has 0 atom stereocenters. The molecule has 1 aliphatic carbocycles. The third-order valence-electron chi connectivity index (χ3n) is 7.75. The first-order valence-electron chi connectivity index (χ1n) is 14.0. The third-order valence-corrected chi connectivity index (χ3v) is 7.75. The zero-order chi connectivity index (χ0) is 29.7. The number of halogens is 1. The van der Waals surface area contributed by atoms with Crippen LogP contribution >= 0.6 is 0 Å². The van der Waals surface area contributed by atoms with Crippen LogP contribution in [0, 0.1) is 11.3 Å². The van der Waals surface area contributed by atoms with Gasteiger partial charge in [-0.1, -0.05) is 6.92 Å². The summed E-state index contributed by atoms with van der Waals surface area (Å²) in [5.41, 5.74) is 4.73. The molecule has 2 aliphatic heterocycles. The largest absolute Gasteiger partial charge is 0.378 e. The Balaban J connectivity index is 1.30. The zero-order valence-corrected chi connectivity index (χ0v) is 23.7. The number of aromatic nitrogens is 3. The Morgan fingerprint density at radius 3 is 2.45 bits per heavy atom. The number of morpholine rings is 1. The van der Waals surface area contributed by atoms with E-state index in [0.29, 0.717) is 66.6 Å². The summed E-state index contributed by atoms with van der Waals surface area (Å²) in [5.74, 6) is -0.108. The quantitative estimate of drug-likeness (QED) is 0.525. The molecule has 2 aromatic heterocycles. The highest BCUT2D eigenvalue weighted by atomic mass is 19.1. The number of nitriles is 1. The first kappa shape index (κ1) is 28.9. The molecule has 2 amide bonds. The van der Waals surface area contributed by atoms with Gasteiger partial charge in [0.1, 0.15) is 6.07 Å². The number of piperidine rings is 1. The van der Waals surface area contributed by atoms with Gasteiger partial charge < -0.3 is 19.9 Å². The van der Waals surface area contributed by atoms with Crippen molar-refractivity contribution in [2.75, 3.05) is 44.3 Å². The van der Waals surface area contributed by atoms with E-state index >= 15 is 4.39 Å². The molecule has 0 spiro atoms. The van der Waals surface area contributed by atoms with Crippen molar-refractivity contribution in [2.24, 2.45) is 0 Å². The van der Waals surface area contributed by atoms with E-state index in [-0.39, 0.29) is 37.5 Å². The standard InChI is InChI=1S/C31H32FN7O3/c1-3-23-6-4-21(2)25(29(41)38-10-8-31(32,9-11-38)27-7-5-22(17-33)18-34-27)16-26(23)37-28(40)24-19-35-30(36-20-24)39-12-14-42-15-13-39/h5-7,16,18-20H,3,8-15H2,1-2H3,(H,37,40). The topological polar surface area (TPSA) is 124 Å². The average molecular weight is 570 g/mol. The number of ether oxygens (including phenoxy) is 1. The number of likely N-dealkylation sites (tertiary alicyclic amines) is 1. The molecule has 1 N–H and O–H groups in total. The lowest BCUT2D eigenvalue weighted by molar-refractivity contribution is -0.129. The van der Waals surface area contributed by atoms with Crippen molar-refractivity contribution in [3.05, 3.63) is 87.8 Å². The van der Waals surface area contributed by atoms with Crippen LogP contribution in [-0.2, 0) is 15.2 Å². The molecular weight excluding hydrogens is 537 g/mol. The number of anilines is 1. The Morgan fingerprint density at radius 1 is 1.12 bits per heavy atom. The number of rotatable bonds is 6. The van der Waals surface area contributed by atoms with Gasteiger partial charge in [-0.2, -0.15) is 5.26 Å². The van der Waals surface area contributed by atoms with Gasteiger partial charge in [-0.15, -0.1) is 5.73 Å². The van der Waals surface area contributed by atoms with Gasteiger partial charge in [-0.05, 0) is 43.2 Å². The van der Waals surface area contributed by atoms with Gasteiger partial charge in [-0.25, -0.2) is 14.4 Å². The lowest BCUT2D eigenvalue weighted by atomic mass is 9.89. The van der Waals surface area contributed by atoms with Crippen molar-refractivity contribution in [3.63, 3.8) is 0 Å². The fourth-order valence-corrected chi connectivity index (χ4v) is 5.10.